The quantitative estimate of drug-likeness (QED) is 0.0979. The van der Waals surface area contributed by atoms with Gasteiger partial charge in [-0.2, -0.15) is 0 Å². The third kappa shape index (κ3) is 6.95. The summed E-state index contributed by atoms with van der Waals surface area (Å²) in [5, 5.41) is 11.0. The number of carbonyl (C=O) groups excluding carboxylic acids is 1. The lowest BCUT2D eigenvalue weighted by atomic mass is 10.0. The molecule has 7 heteroatoms. The predicted molar refractivity (Wildman–Crippen MR) is 175 cm³/mol. The molecule has 0 unspecified atom stereocenters. The van der Waals surface area contributed by atoms with Gasteiger partial charge in [0.1, 0.15) is 24.7 Å². The molecule has 0 bridgehead atoms. The zero-order valence-corrected chi connectivity index (χ0v) is 24.3. The maximum atomic E-state index is 11.2. The average molecular weight is 592 g/mol. The molecule has 1 aromatic heterocycles. The SMILES string of the molecule is C=CC(=O)OCCOc1ccc(-c2nc(-c3ccc(-c4ccccc4)cc3)nc(-c3ccc(-c4ccccc4)cc3)n2)c(O)c1. The van der Waals surface area contributed by atoms with Crippen LogP contribution in [-0.2, 0) is 9.53 Å². The van der Waals surface area contributed by atoms with Crippen molar-refractivity contribution in [2.24, 2.45) is 0 Å². The van der Waals surface area contributed by atoms with Crippen LogP contribution in [0.3, 0.4) is 0 Å². The molecule has 0 spiro atoms. The van der Waals surface area contributed by atoms with E-state index in [0.29, 0.717) is 28.8 Å². The summed E-state index contributed by atoms with van der Waals surface area (Å²) in [6, 6.07) is 41.3. The van der Waals surface area contributed by atoms with E-state index in [9.17, 15) is 9.90 Å². The molecule has 6 rings (SSSR count). The van der Waals surface area contributed by atoms with Crippen molar-refractivity contribution in [3.05, 3.63) is 140 Å². The van der Waals surface area contributed by atoms with E-state index >= 15 is 0 Å². The highest BCUT2D eigenvalue weighted by Crippen LogP contribution is 2.33. The van der Waals surface area contributed by atoms with E-state index < -0.39 is 5.97 Å². The number of carbonyl (C=O) groups is 1. The highest BCUT2D eigenvalue weighted by Gasteiger charge is 2.16. The van der Waals surface area contributed by atoms with Crippen molar-refractivity contribution in [1.29, 1.82) is 0 Å². The van der Waals surface area contributed by atoms with Crippen LogP contribution >= 0.6 is 0 Å². The Hall–Kier alpha value is -6.08. The molecule has 0 aliphatic rings. The predicted octanol–water partition coefficient (Wildman–Crippen LogP) is 8.02. The van der Waals surface area contributed by atoms with Crippen LogP contribution in [0.25, 0.3) is 56.4 Å². The lowest BCUT2D eigenvalue weighted by molar-refractivity contribution is -0.138. The van der Waals surface area contributed by atoms with Gasteiger partial charge in [0, 0.05) is 23.3 Å². The summed E-state index contributed by atoms with van der Waals surface area (Å²) in [6.07, 6.45) is 1.09. The van der Waals surface area contributed by atoms with Gasteiger partial charge < -0.3 is 14.6 Å². The van der Waals surface area contributed by atoms with Crippen molar-refractivity contribution in [2.75, 3.05) is 13.2 Å². The number of aromatic hydroxyl groups is 1. The van der Waals surface area contributed by atoms with Crippen molar-refractivity contribution < 1.29 is 19.4 Å². The smallest absolute Gasteiger partial charge is 0.330 e. The fraction of sp³-hybridized carbons (Fsp3) is 0.0526. The number of hydrogen-bond donors (Lipinski definition) is 1. The van der Waals surface area contributed by atoms with E-state index in [4.69, 9.17) is 24.4 Å². The Morgan fingerprint density at radius 3 is 1.56 bits per heavy atom. The van der Waals surface area contributed by atoms with Gasteiger partial charge in [-0.15, -0.1) is 0 Å². The maximum Gasteiger partial charge on any atom is 0.330 e. The Morgan fingerprint density at radius 2 is 1.07 bits per heavy atom. The van der Waals surface area contributed by atoms with E-state index in [1.54, 1.807) is 12.1 Å². The van der Waals surface area contributed by atoms with Gasteiger partial charge in [-0.25, -0.2) is 19.7 Å². The molecule has 0 saturated heterocycles. The molecule has 1 heterocycles. The van der Waals surface area contributed by atoms with Gasteiger partial charge in [0.25, 0.3) is 0 Å². The third-order valence-electron chi connectivity index (χ3n) is 7.11. The summed E-state index contributed by atoms with van der Waals surface area (Å²) < 4.78 is 10.6. The van der Waals surface area contributed by atoms with Gasteiger partial charge in [0.2, 0.25) is 0 Å². The Kier molecular flexibility index (Phi) is 8.69. The summed E-state index contributed by atoms with van der Waals surface area (Å²) in [7, 11) is 0. The number of nitrogens with zero attached hydrogens (tertiary/aromatic N) is 3. The molecule has 0 fully saturated rings. The van der Waals surface area contributed by atoms with Crippen molar-refractivity contribution in [2.45, 2.75) is 0 Å². The van der Waals surface area contributed by atoms with E-state index in [1.165, 1.54) is 6.07 Å². The largest absolute Gasteiger partial charge is 0.507 e. The first-order valence-corrected chi connectivity index (χ1v) is 14.4. The highest BCUT2D eigenvalue weighted by atomic mass is 16.6. The monoisotopic (exact) mass is 591 g/mol. The Balaban J connectivity index is 1.34. The summed E-state index contributed by atoms with van der Waals surface area (Å²) in [6.45, 7) is 3.54. The Labute approximate surface area is 261 Å². The van der Waals surface area contributed by atoms with E-state index in [1.807, 2.05) is 84.9 Å². The van der Waals surface area contributed by atoms with Gasteiger partial charge in [-0.3, -0.25) is 0 Å². The topological polar surface area (TPSA) is 94.4 Å². The summed E-state index contributed by atoms with van der Waals surface area (Å²) >= 11 is 0. The van der Waals surface area contributed by atoms with Crippen LogP contribution in [-0.4, -0.2) is 39.2 Å². The number of benzene rings is 5. The van der Waals surface area contributed by atoms with Gasteiger partial charge in [0.05, 0.1) is 5.56 Å². The first kappa shape index (κ1) is 29.0. The molecule has 45 heavy (non-hydrogen) atoms. The Morgan fingerprint density at radius 1 is 0.600 bits per heavy atom. The normalized spacial score (nSPS) is 10.7. The van der Waals surface area contributed by atoms with Crippen molar-refractivity contribution in [1.82, 2.24) is 15.0 Å². The molecule has 0 aliphatic carbocycles. The van der Waals surface area contributed by atoms with E-state index in [-0.39, 0.29) is 19.0 Å². The number of phenols is 1. The summed E-state index contributed by atoms with van der Waals surface area (Å²) in [5.74, 6) is 1.10. The zero-order valence-electron chi connectivity index (χ0n) is 24.3. The fourth-order valence-electron chi connectivity index (χ4n) is 4.79. The molecule has 0 atom stereocenters. The number of hydrogen-bond acceptors (Lipinski definition) is 7. The van der Waals surface area contributed by atoms with Crippen LogP contribution in [0.15, 0.2) is 140 Å². The van der Waals surface area contributed by atoms with Crippen LogP contribution in [0, 0.1) is 0 Å². The third-order valence-corrected chi connectivity index (χ3v) is 7.11. The number of rotatable bonds is 10. The minimum atomic E-state index is -0.525. The maximum absolute atomic E-state index is 11.2. The van der Waals surface area contributed by atoms with Crippen LogP contribution < -0.4 is 4.74 Å². The van der Waals surface area contributed by atoms with Crippen molar-refractivity contribution in [3.8, 4) is 67.9 Å². The van der Waals surface area contributed by atoms with E-state index in [0.717, 1.165) is 39.5 Å². The van der Waals surface area contributed by atoms with Crippen molar-refractivity contribution >= 4 is 5.97 Å². The average Bonchev–Trinajstić information content (AvgIpc) is 3.11. The second kappa shape index (κ2) is 13.5. The van der Waals surface area contributed by atoms with Gasteiger partial charge >= 0.3 is 5.97 Å². The number of phenolic OH excluding ortho intramolecular Hbond substituents is 1. The number of ether oxygens (including phenoxy) is 2. The minimum Gasteiger partial charge on any atom is -0.507 e. The molecule has 7 nitrogen and oxygen atoms in total. The van der Waals surface area contributed by atoms with Crippen LogP contribution in [0.2, 0.25) is 0 Å². The minimum absolute atomic E-state index is 0.0552. The standard InChI is InChI=1S/C38H29N3O4/c1-2-35(43)45-24-23-44-32-21-22-33(34(42)25-32)38-40-36(30-17-13-28(14-18-30)26-9-5-3-6-10-26)39-37(41-38)31-19-15-29(16-20-31)27-11-7-4-8-12-27/h2-22,25,42H,1,23-24H2. The summed E-state index contributed by atoms with van der Waals surface area (Å²) in [4.78, 5) is 25.6. The summed E-state index contributed by atoms with van der Waals surface area (Å²) in [5.41, 5.74) is 6.45. The Bertz CT molecular complexity index is 1820. The molecule has 6 aromatic rings. The fourth-order valence-corrected chi connectivity index (χ4v) is 4.79. The first-order valence-electron chi connectivity index (χ1n) is 14.4. The first-order chi connectivity index (χ1) is 22.1. The van der Waals surface area contributed by atoms with Crippen molar-refractivity contribution in [3.63, 3.8) is 0 Å². The zero-order chi connectivity index (χ0) is 31.0. The second-order valence-corrected chi connectivity index (χ2v) is 10.1. The molecule has 0 radical (unpaired) electrons. The lowest BCUT2D eigenvalue weighted by Gasteiger charge is -2.12. The number of aromatic nitrogens is 3. The molecule has 5 aromatic carbocycles. The molecular weight excluding hydrogens is 562 g/mol. The molecule has 0 aliphatic heterocycles. The van der Waals surface area contributed by atoms with Gasteiger partial charge in [0.15, 0.2) is 17.5 Å². The second-order valence-electron chi connectivity index (χ2n) is 10.1. The lowest BCUT2D eigenvalue weighted by Crippen LogP contribution is -2.10. The molecule has 1 N–H and O–H groups in total. The molecule has 0 saturated carbocycles. The molecule has 220 valence electrons. The van der Waals surface area contributed by atoms with Crippen LogP contribution in [0.4, 0.5) is 0 Å². The van der Waals surface area contributed by atoms with Gasteiger partial charge in [-0.1, -0.05) is 116 Å². The van der Waals surface area contributed by atoms with Gasteiger partial charge in [-0.05, 0) is 34.4 Å². The highest BCUT2D eigenvalue weighted by molar-refractivity contribution is 5.81. The molecular formula is C38H29N3O4. The molecule has 0 amide bonds. The van der Waals surface area contributed by atoms with Crippen LogP contribution in [0.1, 0.15) is 0 Å². The van der Waals surface area contributed by atoms with Crippen LogP contribution in [0.5, 0.6) is 11.5 Å². The van der Waals surface area contributed by atoms with E-state index in [2.05, 4.69) is 30.8 Å². The number of esters is 1.